The maximum Gasteiger partial charge on any atom is 0.191 e. The van der Waals surface area contributed by atoms with E-state index in [9.17, 15) is 0 Å². The van der Waals surface area contributed by atoms with E-state index in [1.807, 2.05) is 18.5 Å². The molecule has 0 aromatic carbocycles. The summed E-state index contributed by atoms with van der Waals surface area (Å²) in [5.74, 6) is 3.36. The van der Waals surface area contributed by atoms with Crippen molar-refractivity contribution < 1.29 is 4.74 Å². The molecule has 1 aliphatic heterocycles. The van der Waals surface area contributed by atoms with Gasteiger partial charge in [-0.15, -0.1) is 10.2 Å². The molecular weight excluding hydrogens is 366 g/mol. The molecule has 0 aliphatic carbocycles. The smallest absolute Gasteiger partial charge is 0.191 e. The van der Waals surface area contributed by atoms with Gasteiger partial charge in [0, 0.05) is 39.8 Å². The average molecular weight is 408 g/mol. The topological polar surface area (TPSA) is 79.6 Å². The summed E-state index contributed by atoms with van der Waals surface area (Å²) in [6.07, 6.45) is 6.31. The predicted octanol–water partition coefficient (Wildman–Crippen LogP) is 2.10. The monoisotopic (exact) mass is 407 g/mol. The average Bonchev–Trinajstić information content (AvgIpc) is 3.06. The van der Waals surface area contributed by atoms with Crippen molar-refractivity contribution in [3.63, 3.8) is 0 Å². The number of nitrogens with one attached hydrogen (secondary N) is 2. The minimum absolute atomic E-state index is 0.525. The van der Waals surface area contributed by atoms with Crippen LogP contribution in [-0.2, 0) is 18.3 Å². The number of aryl methyl sites for hydroxylation is 1. The molecule has 166 valence electrons. The third kappa shape index (κ3) is 8.70. The minimum Gasteiger partial charge on any atom is -0.379 e. The number of hydrogen-bond acceptors (Lipinski definition) is 5. The van der Waals surface area contributed by atoms with Crippen LogP contribution in [0.2, 0.25) is 0 Å². The summed E-state index contributed by atoms with van der Waals surface area (Å²) in [5, 5.41) is 15.5. The summed E-state index contributed by atoms with van der Waals surface area (Å²) >= 11 is 0. The first-order valence-corrected chi connectivity index (χ1v) is 11.3. The molecule has 1 aromatic heterocycles. The fourth-order valence-corrected chi connectivity index (χ4v) is 3.56. The Morgan fingerprint density at radius 2 is 1.93 bits per heavy atom. The summed E-state index contributed by atoms with van der Waals surface area (Å²) in [6, 6.07) is 0. The third-order valence-corrected chi connectivity index (χ3v) is 5.61. The Morgan fingerprint density at radius 3 is 2.59 bits per heavy atom. The number of unbranched alkanes of at least 4 members (excludes halogenated alkanes) is 1. The maximum absolute atomic E-state index is 5.43. The van der Waals surface area contributed by atoms with Crippen molar-refractivity contribution in [2.24, 2.45) is 18.0 Å². The molecule has 1 unspecified atom stereocenters. The summed E-state index contributed by atoms with van der Waals surface area (Å²) < 4.78 is 7.43. The summed E-state index contributed by atoms with van der Waals surface area (Å²) in [4.78, 5) is 7.22. The van der Waals surface area contributed by atoms with Crippen LogP contribution in [0.25, 0.3) is 0 Å². The second-order valence-corrected chi connectivity index (χ2v) is 7.95. The first-order valence-electron chi connectivity index (χ1n) is 11.3. The lowest BCUT2D eigenvalue weighted by Gasteiger charge is -2.27. The fourth-order valence-electron chi connectivity index (χ4n) is 3.56. The highest BCUT2D eigenvalue weighted by atomic mass is 16.5. The van der Waals surface area contributed by atoms with Crippen molar-refractivity contribution in [3.8, 4) is 0 Å². The first kappa shape index (κ1) is 23.6. The largest absolute Gasteiger partial charge is 0.379 e. The van der Waals surface area contributed by atoms with E-state index >= 15 is 0 Å². The van der Waals surface area contributed by atoms with E-state index in [-0.39, 0.29) is 0 Å². The van der Waals surface area contributed by atoms with Gasteiger partial charge in [0.2, 0.25) is 0 Å². The van der Waals surface area contributed by atoms with Crippen molar-refractivity contribution in [1.29, 1.82) is 0 Å². The van der Waals surface area contributed by atoms with Gasteiger partial charge < -0.3 is 19.9 Å². The van der Waals surface area contributed by atoms with E-state index in [4.69, 9.17) is 9.73 Å². The first-order chi connectivity index (χ1) is 14.1. The van der Waals surface area contributed by atoms with Crippen LogP contribution in [0.1, 0.15) is 57.6 Å². The normalized spacial score (nSPS) is 16.8. The second kappa shape index (κ2) is 13.5. The molecule has 1 saturated heterocycles. The molecule has 29 heavy (non-hydrogen) atoms. The molecule has 0 spiro atoms. The summed E-state index contributed by atoms with van der Waals surface area (Å²) in [5.41, 5.74) is 0. The van der Waals surface area contributed by atoms with Gasteiger partial charge in [0.15, 0.2) is 11.8 Å². The Kier molecular flexibility index (Phi) is 11.0. The number of aromatic nitrogens is 3. The molecule has 1 atom stereocenters. The second-order valence-electron chi connectivity index (χ2n) is 7.95. The molecule has 0 bridgehead atoms. The van der Waals surface area contributed by atoms with Gasteiger partial charge in [-0.05, 0) is 25.7 Å². The number of rotatable bonds is 12. The van der Waals surface area contributed by atoms with Gasteiger partial charge in [-0.2, -0.15) is 0 Å². The quantitative estimate of drug-likeness (QED) is 0.408. The summed E-state index contributed by atoms with van der Waals surface area (Å²) in [6.45, 7) is 13.5. The molecule has 1 aromatic rings. The molecule has 0 radical (unpaired) electrons. The van der Waals surface area contributed by atoms with Crippen molar-refractivity contribution in [1.82, 2.24) is 30.3 Å². The van der Waals surface area contributed by atoms with Crippen LogP contribution in [0.4, 0.5) is 0 Å². The molecule has 0 saturated carbocycles. The van der Waals surface area contributed by atoms with Crippen molar-refractivity contribution in [2.45, 2.75) is 59.4 Å². The Hall–Kier alpha value is -1.67. The van der Waals surface area contributed by atoms with Gasteiger partial charge in [-0.3, -0.25) is 4.90 Å². The van der Waals surface area contributed by atoms with Gasteiger partial charge >= 0.3 is 0 Å². The van der Waals surface area contributed by atoms with E-state index in [0.29, 0.717) is 12.5 Å². The molecule has 8 nitrogen and oxygen atoms in total. The molecule has 1 fully saturated rings. The van der Waals surface area contributed by atoms with E-state index < -0.39 is 0 Å². The van der Waals surface area contributed by atoms with Gasteiger partial charge in [0.25, 0.3) is 0 Å². The maximum atomic E-state index is 5.43. The zero-order chi connectivity index (χ0) is 20.9. The van der Waals surface area contributed by atoms with Gasteiger partial charge in [0.05, 0.1) is 13.2 Å². The van der Waals surface area contributed by atoms with E-state index in [0.717, 1.165) is 63.5 Å². The highest BCUT2D eigenvalue weighted by Gasteiger charge is 2.12. The Labute approximate surface area is 176 Å². The van der Waals surface area contributed by atoms with E-state index in [1.54, 1.807) is 0 Å². The highest BCUT2D eigenvalue weighted by molar-refractivity contribution is 5.79. The SMILES string of the molecule is CCCCC(CCC)CNC(=NCc1nnc(C)n1C)NCCN1CCOCC1. The van der Waals surface area contributed by atoms with Crippen LogP contribution in [0.3, 0.4) is 0 Å². The van der Waals surface area contributed by atoms with Crippen LogP contribution < -0.4 is 10.6 Å². The minimum atomic E-state index is 0.525. The Morgan fingerprint density at radius 1 is 1.14 bits per heavy atom. The lowest BCUT2D eigenvalue weighted by atomic mass is 9.97. The Balaban J connectivity index is 1.91. The number of hydrogen-bond donors (Lipinski definition) is 2. The summed E-state index contributed by atoms with van der Waals surface area (Å²) in [7, 11) is 1.99. The molecule has 2 rings (SSSR count). The van der Waals surface area contributed by atoms with Crippen LogP contribution in [0.15, 0.2) is 4.99 Å². The van der Waals surface area contributed by atoms with Crippen molar-refractivity contribution >= 4 is 5.96 Å². The lowest BCUT2D eigenvalue weighted by Crippen LogP contribution is -2.45. The van der Waals surface area contributed by atoms with E-state index in [1.165, 1.54) is 32.1 Å². The molecule has 0 amide bonds. The fraction of sp³-hybridized carbons (Fsp3) is 0.857. The number of morpholine rings is 1. The lowest BCUT2D eigenvalue weighted by molar-refractivity contribution is 0.0389. The van der Waals surface area contributed by atoms with Crippen molar-refractivity contribution in [3.05, 3.63) is 11.6 Å². The number of ether oxygens (including phenoxy) is 1. The Bertz CT molecular complexity index is 596. The predicted molar refractivity (Wildman–Crippen MR) is 118 cm³/mol. The van der Waals surface area contributed by atoms with Gasteiger partial charge in [-0.25, -0.2) is 4.99 Å². The standard InChI is InChI=1S/C21H41N7O/c1-5-7-9-19(8-6-2)16-23-21(22-10-11-28-12-14-29-15-13-28)24-17-20-26-25-18(3)27(20)4/h19H,5-17H2,1-4H3,(H2,22,23,24). The zero-order valence-electron chi connectivity index (χ0n) is 18.9. The number of nitrogens with zero attached hydrogens (tertiary/aromatic N) is 5. The molecule has 2 N–H and O–H groups in total. The van der Waals surface area contributed by atoms with Gasteiger partial charge in [-0.1, -0.05) is 33.1 Å². The zero-order valence-corrected chi connectivity index (χ0v) is 18.9. The highest BCUT2D eigenvalue weighted by Crippen LogP contribution is 2.13. The van der Waals surface area contributed by atoms with Gasteiger partial charge in [0.1, 0.15) is 12.4 Å². The molecule has 8 heteroatoms. The number of aliphatic imine (C=N–C) groups is 1. The van der Waals surface area contributed by atoms with Crippen LogP contribution in [-0.4, -0.2) is 71.6 Å². The van der Waals surface area contributed by atoms with Crippen LogP contribution in [0.5, 0.6) is 0 Å². The van der Waals surface area contributed by atoms with Crippen molar-refractivity contribution in [2.75, 3.05) is 45.9 Å². The van der Waals surface area contributed by atoms with Crippen LogP contribution in [0, 0.1) is 12.8 Å². The van der Waals surface area contributed by atoms with E-state index in [2.05, 4.69) is 39.6 Å². The molecular formula is C21H41N7O. The number of guanidine groups is 1. The third-order valence-electron chi connectivity index (χ3n) is 5.61. The van der Waals surface area contributed by atoms with Crippen LogP contribution >= 0.6 is 0 Å². The molecule has 1 aliphatic rings. The molecule has 2 heterocycles.